The predicted octanol–water partition coefficient (Wildman–Crippen LogP) is 4.12. The number of likely N-dealkylation sites (N-methyl/N-ethyl adjacent to an activating group) is 1. The summed E-state index contributed by atoms with van der Waals surface area (Å²) in [6.45, 7) is 2.31. The van der Waals surface area contributed by atoms with Crippen LogP contribution in [0.1, 0.15) is 12.8 Å². The van der Waals surface area contributed by atoms with Crippen LogP contribution in [-0.2, 0) is 0 Å². The summed E-state index contributed by atoms with van der Waals surface area (Å²) in [6.07, 6.45) is 2.17. The number of ether oxygens (including phenoxy) is 1. The molecule has 0 aliphatic carbocycles. The molecule has 0 saturated carbocycles. The first-order valence-corrected chi connectivity index (χ1v) is 12.3. The summed E-state index contributed by atoms with van der Waals surface area (Å²) in [5, 5.41) is 4.31. The van der Waals surface area contributed by atoms with Gasteiger partial charge in [-0.3, -0.25) is 0 Å². The molecular weight excluding hydrogens is 477 g/mol. The molecule has 1 unspecified atom stereocenters. The second kappa shape index (κ2) is 9.46. The normalized spacial score (nSPS) is 16.5. The van der Waals surface area contributed by atoms with Gasteiger partial charge in [0, 0.05) is 30.1 Å². The number of nitrogens with two attached hydrogens (primary N) is 2. The van der Waals surface area contributed by atoms with Gasteiger partial charge in [-0.25, -0.2) is 9.37 Å². The molecule has 2 aromatic heterocycles. The zero-order valence-electron chi connectivity index (χ0n) is 18.6. The summed E-state index contributed by atoms with van der Waals surface area (Å²) in [5.74, 6) is -0.108. The van der Waals surface area contributed by atoms with Crippen LogP contribution in [0, 0.1) is 5.82 Å². The molecule has 11 heteroatoms. The van der Waals surface area contributed by atoms with Crippen molar-refractivity contribution in [1.82, 2.24) is 19.9 Å². The van der Waals surface area contributed by atoms with Gasteiger partial charge >= 0.3 is 6.01 Å². The Hall–Kier alpha value is -2.79. The average Bonchev–Trinajstić information content (AvgIpc) is 3.40. The quantitative estimate of drug-likeness (QED) is 0.346. The van der Waals surface area contributed by atoms with Crippen molar-refractivity contribution in [1.29, 1.82) is 0 Å². The van der Waals surface area contributed by atoms with Crippen LogP contribution < -0.4 is 21.5 Å². The number of hydrogen-bond donors (Lipinski definition) is 3. The molecule has 5 N–H and O–H groups in total. The molecular formula is C23H25ClFN7OS. The van der Waals surface area contributed by atoms with E-state index in [1.54, 1.807) is 18.2 Å². The molecule has 0 spiro atoms. The summed E-state index contributed by atoms with van der Waals surface area (Å²) >= 11 is 7.93. The number of nitrogens with one attached hydrogen (secondary N) is 1. The first-order chi connectivity index (χ1) is 16.4. The standard InChI is InChI=1S/C23H25ClFN7OS/c1-32-8-2-3-13(32)11-33-23-30-20-14(21(31-23)28-7-6-26)10-15(24)18(19(20)25)12-4-5-16-17(9-12)34-22(27)29-16/h4-5,9-10,13H,2-3,6-8,11,26H2,1H3,(H2,27,29)(H,28,30,31). The SMILES string of the molecule is CN1CCCC1COc1nc(NCCN)c2cc(Cl)c(-c3ccc4nc(N)sc4c3)c(F)c2n1. The van der Waals surface area contributed by atoms with E-state index in [1.807, 2.05) is 6.07 Å². The topological polar surface area (TPSA) is 115 Å². The van der Waals surface area contributed by atoms with Crippen LogP contribution in [0.3, 0.4) is 0 Å². The number of nitrogens with zero attached hydrogens (tertiary/aromatic N) is 4. The number of rotatable bonds is 7. The molecule has 178 valence electrons. The van der Waals surface area contributed by atoms with Crippen molar-refractivity contribution in [3.63, 3.8) is 0 Å². The van der Waals surface area contributed by atoms with E-state index in [4.69, 9.17) is 27.8 Å². The maximum atomic E-state index is 16.0. The van der Waals surface area contributed by atoms with Gasteiger partial charge in [0.25, 0.3) is 0 Å². The summed E-state index contributed by atoms with van der Waals surface area (Å²) in [4.78, 5) is 15.4. The van der Waals surface area contributed by atoms with Gasteiger partial charge in [0.15, 0.2) is 10.9 Å². The maximum Gasteiger partial charge on any atom is 0.319 e. The zero-order chi connectivity index (χ0) is 23.8. The Morgan fingerprint density at radius 2 is 2.15 bits per heavy atom. The molecule has 1 aliphatic rings. The van der Waals surface area contributed by atoms with Gasteiger partial charge in [0.1, 0.15) is 17.9 Å². The van der Waals surface area contributed by atoms with E-state index in [9.17, 15) is 0 Å². The van der Waals surface area contributed by atoms with Crippen LogP contribution in [0.25, 0.3) is 32.2 Å². The molecule has 8 nitrogen and oxygen atoms in total. The largest absolute Gasteiger partial charge is 0.462 e. The molecule has 0 amide bonds. The Balaban J connectivity index is 1.59. The van der Waals surface area contributed by atoms with Crippen LogP contribution in [-0.4, -0.2) is 59.2 Å². The number of anilines is 2. The van der Waals surface area contributed by atoms with Gasteiger partial charge < -0.3 is 26.4 Å². The lowest BCUT2D eigenvalue weighted by molar-refractivity contribution is 0.188. The Kier molecular flexibility index (Phi) is 6.39. The molecule has 1 atom stereocenters. The van der Waals surface area contributed by atoms with Gasteiger partial charge in [-0.1, -0.05) is 29.0 Å². The van der Waals surface area contributed by atoms with Gasteiger partial charge in [-0.15, -0.1) is 0 Å². The minimum Gasteiger partial charge on any atom is -0.462 e. The van der Waals surface area contributed by atoms with Crippen molar-refractivity contribution in [3.05, 3.63) is 35.1 Å². The van der Waals surface area contributed by atoms with Crippen LogP contribution in [0.15, 0.2) is 24.3 Å². The first-order valence-electron chi connectivity index (χ1n) is 11.1. The highest BCUT2D eigenvalue weighted by atomic mass is 35.5. The fourth-order valence-electron chi connectivity index (χ4n) is 4.29. The molecule has 3 heterocycles. The van der Waals surface area contributed by atoms with Crippen molar-refractivity contribution >= 4 is 55.0 Å². The third kappa shape index (κ3) is 4.34. The number of benzene rings is 2. The van der Waals surface area contributed by atoms with Gasteiger partial charge in [0.2, 0.25) is 0 Å². The van der Waals surface area contributed by atoms with Gasteiger partial charge in [-0.2, -0.15) is 9.97 Å². The van der Waals surface area contributed by atoms with E-state index < -0.39 is 5.82 Å². The molecule has 34 heavy (non-hydrogen) atoms. The van der Waals surface area contributed by atoms with E-state index in [0.29, 0.717) is 41.6 Å². The van der Waals surface area contributed by atoms with E-state index in [2.05, 4.69) is 32.2 Å². The fraction of sp³-hybridized carbons (Fsp3) is 0.348. The second-order valence-corrected chi connectivity index (χ2v) is 9.81. The number of nitrogen functional groups attached to an aromatic ring is 1. The fourth-order valence-corrected chi connectivity index (χ4v) is 5.36. The van der Waals surface area contributed by atoms with Gasteiger partial charge in [-0.05, 0) is 50.2 Å². The predicted molar refractivity (Wildman–Crippen MR) is 136 cm³/mol. The van der Waals surface area contributed by atoms with Crippen molar-refractivity contribution in [2.24, 2.45) is 5.73 Å². The molecule has 5 rings (SSSR count). The maximum absolute atomic E-state index is 16.0. The summed E-state index contributed by atoms with van der Waals surface area (Å²) < 4.78 is 22.8. The van der Waals surface area contributed by atoms with E-state index in [0.717, 1.165) is 29.6 Å². The first kappa shape index (κ1) is 23.0. The number of hydrogen-bond acceptors (Lipinski definition) is 9. The van der Waals surface area contributed by atoms with Crippen LogP contribution in [0.4, 0.5) is 15.3 Å². The van der Waals surface area contributed by atoms with E-state index >= 15 is 4.39 Å². The minimum atomic E-state index is -0.541. The van der Waals surface area contributed by atoms with E-state index in [-0.39, 0.29) is 28.2 Å². The highest BCUT2D eigenvalue weighted by Gasteiger charge is 2.24. The number of halogens is 2. The molecule has 4 aromatic rings. The number of aromatic nitrogens is 3. The van der Waals surface area contributed by atoms with Crippen LogP contribution in [0.5, 0.6) is 6.01 Å². The molecule has 0 bridgehead atoms. The zero-order valence-corrected chi connectivity index (χ0v) is 20.2. The third-order valence-corrected chi connectivity index (χ3v) is 7.21. The highest BCUT2D eigenvalue weighted by molar-refractivity contribution is 7.22. The molecule has 1 aliphatic heterocycles. The Morgan fingerprint density at radius 1 is 1.29 bits per heavy atom. The average molecular weight is 502 g/mol. The summed E-state index contributed by atoms with van der Waals surface area (Å²) in [6, 6.07) is 7.49. The van der Waals surface area contributed by atoms with Gasteiger partial charge in [0.05, 0.1) is 15.2 Å². The second-order valence-electron chi connectivity index (χ2n) is 8.34. The molecule has 2 aromatic carbocycles. The molecule has 1 fully saturated rings. The van der Waals surface area contributed by atoms with Crippen molar-refractivity contribution < 1.29 is 9.13 Å². The van der Waals surface area contributed by atoms with Crippen molar-refractivity contribution in [3.8, 4) is 17.1 Å². The minimum absolute atomic E-state index is 0.116. The van der Waals surface area contributed by atoms with E-state index in [1.165, 1.54) is 11.3 Å². The van der Waals surface area contributed by atoms with Crippen LogP contribution in [0.2, 0.25) is 5.02 Å². The number of thiazole rings is 1. The van der Waals surface area contributed by atoms with Crippen LogP contribution >= 0.6 is 22.9 Å². The third-order valence-electron chi connectivity index (χ3n) is 6.07. The number of fused-ring (bicyclic) bond motifs is 2. The van der Waals surface area contributed by atoms with Crippen molar-refractivity contribution in [2.75, 3.05) is 44.3 Å². The lowest BCUT2D eigenvalue weighted by atomic mass is 10.0. The summed E-state index contributed by atoms with van der Waals surface area (Å²) in [5.41, 5.74) is 13.3. The number of likely N-dealkylation sites (tertiary alicyclic amines) is 1. The monoisotopic (exact) mass is 501 g/mol. The molecule has 0 radical (unpaired) electrons. The van der Waals surface area contributed by atoms with Crippen molar-refractivity contribution in [2.45, 2.75) is 18.9 Å². The Labute approximate surface area is 205 Å². The molecule has 1 saturated heterocycles. The Bertz CT molecular complexity index is 1360. The smallest absolute Gasteiger partial charge is 0.319 e. The highest BCUT2D eigenvalue weighted by Crippen LogP contribution is 2.39. The summed E-state index contributed by atoms with van der Waals surface area (Å²) in [7, 11) is 2.07. The lowest BCUT2D eigenvalue weighted by Gasteiger charge is -2.19. The Morgan fingerprint density at radius 3 is 2.91 bits per heavy atom. The lowest BCUT2D eigenvalue weighted by Crippen LogP contribution is -2.31.